The molecule has 1 aromatic carbocycles. The number of nitrogens with zero attached hydrogens (tertiary/aromatic N) is 1. The molecule has 0 spiro atoms. The van der Waals surface area contributed by atoms with Crippen LogP contribution >= 0.6 is 0 Å². The third kappa shape index (κ3) is 4.12. The van der Waals surface area contributed by atoms with Gasteiger partial charge in [-0.3, -0.25) is 4.79 Å². The van der Waals surface area contributed by atoms with Gasteiger partial charge in [-0.05, 0) is 18.9 Å². The fourth-order valence-corrected chi connectivity index (χ4v) is 1.50. The number of hydrogen-bond donors (Lipinski definition) is 1. The van der Waals surface area contributed by atoms with Crippen molar-refractivity contribution in [2.75, 3.05) is 0 Å². The fourth-order valence-electron chi connectivity index (χ4n) is 1.50. The maximum Gasteiger partial charge on any atom is 0.246 e. The first-order valence-corrected chi connectivity index (χ1v) is 5.53. The molecule has 0 heterocycles. The van der Waals surface area contributed by atoms with E-state index in [1.807, 2.05) is 30.3 Å². The zero-order valence-electron chi connectivity index (χ0n) is 9.94. The lowest BCUT2D eigenvalue weighted by molar-refractivity contribution is -0.118. The highest BCUT2D eigenvalue weighted by atomic mass is 16.1. The summed E-state index contributed by atoms with van der Waals surface area (Å²) in [6.07, 6.45) is 1.02. The predicted molar refractivity (Wildman–Crippen MR) is 67.0 cm³/mol. The van der Waals surface area contributed by atoms with Crippen LogP contribution in [-0.2, 0) is 4.79 Å². The van der Waals surface area contributed by atoms with Crippen LogP contribution in [0.4, 0.5) is 0 Å². The van der Waals surface area contributed by atoms with Crippen molar-refractivity contribution >= 4 is 5.91 Å². The average Bonchev–Trinajstić information content (AvgIpc) is 2.35. The molecular weight excluding hydrogens is 212 g/mol. The van der Waals surface area contributed by atoms with Crippen molar-refractivity contribution in [1.82, 2.24) is 5.32 Å². The summed E-state index contributed by atoms with van der Waals surface area (Å²) in [5.74, 6) is -0.170. The summed E-state index contributed by atoms with van der Waals surface area (Å²) in [4.78, 5) is 11.6. The van der Waals surface area contributed by atoms with Crippen molar-refractivity contribution in [1.29, 1.82) is 5.26 Å². The Balaban J connectivity index is 2.78. The minimum atomic E-state index is -0.170. The van der Waals surface area contributed by atoms with E-state index in [1.165, 1.54) is 0 Å². The molecule has 1 rings (SSSR count). The fraction of sp³-hybridized carbons (Fsp3) is 0.286. The normalized spacial score (nSPS) is 11.3. The van der Waals surface area contributed by atoms with Crippen molar-refractivity contribution in [2.24, 2.45) is 0 Å². The second-order valence-electron chi connectivity index (χ2n) is 3.91. The molecule has 0 aliphatic rings. The highest BCUT2D eigenvalue weighted by Gasteiger charge is 2.14. The number of rotatable bonds is 5. The number of hydrogen-bond acceptors (Lipinski definition) is 2. The van der Waals surface area contributed by atoms with E-state index in [-0.39, 0.29) is 11.9 Å². The molecule has 1 amide bonds. The van der Waals surface area contributed by atoms with Crippen LogP contribution in [0.1, 0.15) is 31.4 Å². The highest BCUT2D eigenvalue weighted by Crippen LogP contribution is 2.18. The van der Waals surface area contributed by atoms with Crippen molar-refractivity contribution in [3.63, 3.8) is 0 Å². The number of carbonyl (C=O) groups is 1. The van der Waals surface area contributed by atoms with Gasteiger partial charge in [0.05, 0.1) is 12.1 Å². The van der Waals surface area contributed by atoms with E-state index in [9.17, 15) is 4.79 Å². The Bertz CT molecular complexity index is 431. The summed E-state index contributed by atoms with van der Waals surface area (Å²) in [6, 6.07) is 11.6. The van der Waals surface area contributed by atoms with Crippen molar-refractivity contribution in [3.05, 3.63) is 48.0 Å². The third-order valence-corrected chi connectivity index (χ3v) is 2.44. The van der Waals surface area contributed by atoms with E-state index in [1.54, 1.807) is 6.92 Å². The number of nitrogens with one attached hydrogen (secondary N) is 1. The Labute approximate surface area is 102 Å². The van der Waals surface area contributed by atoms with Gasteiger partial charge in [0.2, 0.25) is 5.91 Å². The first kappa shape index (κ1) is 13.0. The van der Waals surface area contributed by atoms with Crippen LogP contribution in [-0.4, -0.2) is 5.91 Å². The van der Waals surface area contributed by atoms with E-state index in [0.717, 1.165) is 5.56 Å². The van der Waals surface area contributed by atoms with Crippen LogP contribution in [0, 0.1) is 11.3 Å². The van der Waals surface area contributed by atoms with Gasteiger partial charge in [0.15, 0.2) is 0 Å². The van der Waals surface area contributed by atoms with Gasteiger partial charge in [0.25, 0.3) is 0 Å². The minimum Gasteiger partial charge on any atom is -0.346 e. The molecule has 0 radical (unpaired) electrons. The molecule has 1 N–H and O–H groups in total. The van der Waals surface area contributed by atoms with Gasteiger partial charge in [-0.1, -0.05) is 36.9 Å². The first-order valence-electron chi connectivity index (χ1n) is 5.53. The maximum absolute atomic E-state index is 11.6. The molecule has 0 saturated carbocycles. The Morgan fingerprint density at radius 1 is 1.47 bits per heavy atom. The van der Waals surface area contributed by atoms with Gasteiger partial charge in [0, 0.05) is 12.0 Å². The van der Waals surface area contributed by atoms with E-state index in [2.05, 4.69) is 18.0 Å². The molecule has 3 heteroatoms. The number of amides is 1. The van der Waals surface area contributed by atoms with Crippen LogP contribution in [0.2, 0.25) is 0 Å². The van der Waals surface area contributed by atoms with Crippen molar-refractivity contribution in [3.8, 4) is 6.07 Å². The summed E-state index contributed by atoms with van der Waals surface area (Å²) < 4.78 is 0. The number of benzene rings is 1. The smallest absolute Gasteiger partial charge is 0.246 e. The Hall–Kier alpha value is -2.08. The zero-order valence-corrected chi connectivity index (χ0v) is 9.94. The molecule has 0 aliphatic heterocycles. The summed E-state index contributed by atoms with van der Waals surface area (Å²) in [6.45, 7) is 5.27. The standard InChI is InChI=1S/C14H16N2O/c1-11(2)14(17)16-13(9-6-10-15)12-7-4-3-5-8-12/h3-5,7-8,13H,1,6,9H2,2H3,(H,16,17). The van der Waals surface area contributed by atoms with E-state index in [0.29, 0.717) is 18.4 Å². The topological polar surface area (TPSA) is 52.9 Å². The lowest BCUT2D eigenvalue weighted by atomic mass is 10.0. The maximum atomic E-state index is 11.6. The molecule has 1 unspecified atom stereocenters. The molecule has 17 heavy (non-hydrogen) atoms. The lowest BCUT2D eigenvalue weighted by Gasteiger charge is -2.18. The summed E-state index contributed by atoms with van der Waals surface area (Å²) >= 11 is 0. The van der Waals surface area contributed by atoms with E-state index < -0.39 is 0 Å². The molecule has 0 fully saturated rings. The van der Waals surface area contributed by atoms with E-state index >= 15 is 0 Å². The highest BCUT2D eigenvalue weighted by molar-refractivity contribution is 5.92. The summed E-state index contributed by atoms with van der Waals surface area (Å²) in [5.41, 5.74) is 1.49. The van der Waals surface area contributed by atoms with Gasteiger partial charge >= 0.3 is 0 Å². The second kappa shape index (κ2) is 6.49. The SMILES string of the molecule is C=C(C)C(=O)NC(CCC#N)c1ccccc1. The van der Waals surface area contributed by atoms with Crippen molar-refractivity contribution < 1.29 is 4.79 Å². The van der Waals surface area contributed by atoms with Crippen LogP contribution < -0.4 is 5.32 Å². The monoisotopic (exact) mass is 228 g/mol. The van der Waals surface area contributed by atoms with Gasteiger partial charge in [-0.25, -0.2) is 0 Å². The lowest BCUT2D eigenvalue weighted by Crippen LogP contribution is -2.28. The number of carbonyl (C=O) groups excluding carboxylic acids is 1. The van der Waals surface area contributed by atoms with Gasteiger partial charge in [0.1, 0.15) is 0 Å². The van der Waals surface area contributed by atoms with Gasteiger partial charge in [-0.2, -0.15) is 5.26 Å². The largest absolute Gasteiger partial charge is 0.346 e. The van der Waals surface area contributed by atoms with Gasteiger partial charge in [-0.15, -0.1) is 0 Å². The van der Waals surface area contributed by atoms with Crippen LogP contribution in [0.3, 0.4) is 0 Å². The Morgan fingerprint density at radius 2 is 2.12 bits per heavy atom. The molecule has 1 aromatic rings. The Morgan fingerprint density at radius 3 is 2.65 bits per heavy atom. The van der Waals surface area contributed by atoms with Crippen LogP contribution in [0.25, 0.3) is 0 Å². The first-order chi connectivity index (χ1) is 8.15. The molecule has 3 nitrogen and oxygen atoms in total. The molecule has 88 valence electrons. The summed E-state index contributed by atoms with van der Waals surface area (Å²) in [5, 5.41) is 11.5. The molecule has 0 bridgehead atoms. The second-order valence-corrected chi connectivity index (χ2v) is 3.91. The van der Waals surface area contributed by atoms with E-state index in [4.69, 9.17) is 5.26 Å². The molecule has 0 saturated heterocycles. The molecule has 1 atom stereocenters. The summed E-state index contributed by atoms with van der Waals surface area (Å²) in [7, 11) is 0. The van der Waals surface area contributed by atoms with Gasteiger partial charge < -0.3 is 5.32 Å². The molecular formula is C14H16N2O. The zero-order chi connectivity index (χ0) is 12.7. The minimum absolute atomic E-state index is 0.125. The molecule has 0 aromatic heterocycles. The van der Waals surface area contributed by atoms with Crippen LogP contribution in [0.15, 0.2) is 42.5 Å². The predicted octanol–water partition coefficient (Wildman–Crippen LogP) is 2.72. The third-order valence-electron chi connectivity index (χ3n) is 2.44. The Kier molecular flexibility index (Phi) is 4.96. The average molecular weight is 228 g/mol. The molecule has 0 aliphatic carbocycles. The van der Waals surface area contributed by atoms with Crippen LogP contribution in [0.5, 0.6) is 0 Å². The van der Waals surface area contributed by atoms with Crippen molar-refractivity contribution in [2.45, 2.75) is 25.8 Å². The number of nitriles is 1. The quantitative estimate of drug-likeness (QED) is 0.788.